The number of hydrogen-bond acceptors (Lipinski definition) is 10. The molecular weight excluding hydrogens is 690 g/mol. The molecule has 2 aliphatic carbocycles. The number of ether oxygens (including phenoxy) is 2. The van der Waals surface area contributed by atoms with Crippen LogP contribution in [0.25, 0.3) is 0 Å². The van der Waals surface area contributed by atoms with E-state index < -0.39 is 49.5 Å². The number of likely N-dealkylation sites (N-methyl/N-ethyl adjacent to an activating group) is 2. The molecule has 0 saturated heterocycles. The summed E-state index contributed by atoms with van der Waals surface area (Å²) in [5, 5.41) is 31.1. The van der Waals surface area contributed by atoms with Crippen LogP contribution < -0.4 is 30.7 Å². The van der Waals surface area contributed by atoms with Crippen molar-refractivity contribution >= 4 is 49.1 Å². The highest BCUT2D eigenvalue weighted by molar-refractivity contribution is 6.46. The van der Waals surface area contributed by atoms with Crippen LogP contribution in [0.5, 0.6) is 11.5 Å². The molecule has 54 heavy (non-hydrogen) atoms. The summed E-state index contributed by atoms with van der Waals surface area (Å²) in [5.74, 6) is 0.137. The van der Waals surface area contributed by atoms with Crippen LogP contribution in [-0.4, -0.2) is 107 Å². The van der Waals surface area contributed by atoms with Crippen LogP contribution in [0, 0.1) is 0 Å². The minimum absolute atomic E-state index is 0.262. The molecule has 0 radical (unpaired) electrons. The van der Waals surface area contributed by atoms with Gasteiger partial charge in [-0.1, -0.05) is 37.1 Å². The molecule has 0 bridgehead atoms. The Morgan fingerprint density at radius 1 is 0.685 bits per heavy atom. The number of carbonyl (C=O) groups excluding carboxylic acids is 4. The van der Waals surface area contributed by atoms with E-state index in [1.807, 2.05) is 36.4 Å². The quantitative estimate of drug-likeness (QED) is 0.220. The van der Waals surface area contributed by atoms with Crippen LogP contribution >= 0.6 is 0 Å². The van der Waals surface area contributed by atoms with Gasteiger partial charge in [0.15, 0.2) is 0 Å². The highest BCUT2D eigenvalue weighted by Gasteiger charge is 2.51. The molecule has 6 N–H and O–H groups in total. The summed E-state index contributed by atoms with van der Waals surface area (Å²) in [4.78, 5) is 54.8. The van der Waals surface area contributed by atoms with Crippen molar-refractivity contribution in [3.05, 3.63) is 48.5 Å². The van der Waals surface area contributed by atoms with Gasteiger partial charge in [0.2, 0.25) is 11.8 Å². The third-order valence-corrected chi connectivity index (χ3v) is 11.6. The van der Waals surface area contributed by atoms with E-state index in [1.165, 1.54) is 0 Å². The fourth-order valence-corrected chi connectivity index (χ4v) is 7.78. The van der Waals surface area contributed by atoms with Crippen LogP contribution in [-0.2, 0) is 19.2 Å². The molecule has 6 rings (SSSR count). The molecule has 292 valence electrons. The van der Waals surface area contributed by atoms with Gasteiger partial charge in [0.25, 0.3) is 11.8 Å². The van der Waals surface area contributed by atoms with E-state index in [0.717, 1.165) is 38.5 Å². The smallest absolute Gasteiger partial charge is 0.376 e. The second-order valence-electron chi connectivity index (χ2n) is 15.3. The largest absolute Gasteiger partial charge is 0.482 e. The van der Waals surface area contributed by atoms with Crippen molar-refractivity contribution in [2.75, 3.05) is 24.7 Å². The zero-order valence-electron chi connectivity index (χ0n) is 32.4. The van der Waals surface area contributed by atoms with Gasteiger partial charge in [-0.25, -0.2) is 0 Å². The van der Waals surface area contributed by atoms with E-state index in [0.29, 0.717) is 48.6 Å². The molecule has 2 aromatic rings. The standard InChI is InChI=1S/2C19H28BN3O4/c2*1-13(23(3)20(2)26)17(24)22-16-18(25)21-14-9-5-6-10-15(14)27-19(16)11-7-4-8-12-19/h2*5-6,9-10,13,16,26H,4,7-8,11-12H2,1-3H3,(H,21,25)(H,22,24)/t13-,16+;13-,16-/m00/s1. The van der Waals surface area contributed by atoms with Gasteiger partial charge >= 0.3 is 14.1 Å². The highest BCUT2D eigenvalue weighted by Crippen LogP contribution is 2.42. The van der Waals surface area contributed by atoms with E-state index in [9.17, 15) is 29.2 Å². The molecule has 14 nitrogen and oxygen atoms in total. The second-order valence-corrected chi connectivity index (χ2v) is 15.3. The molecule has 2 fully saturated rings. The zero-order valence-corrected chi connectivity index (χ0v) is 32.4. The van der Waals surface area contributed by atoms with Crippen molar-refractivity contribution in [3.63, 3.8) is 0 Å². The van der Waals surface area contributed by atoms with Gasteiger partial charge < -0.3 is 50.4 Å². The summed E-state index contributed by atoms with van der Waals surface area (Å²) in [6.45, 7) is 6.62. The van der Waals surface area contributed by atoms with E-state index in [2.05, 4.69) is 21.3 Å². The lowest BCUT2D eigenvalue weighted by molar-refractivity contribution is -0.134. The van der Waals surface area contributed by atoms with Crippen LogP contribution in [0.2, 0.25) is 13.6 Å². The van der Waals surface area contributed by atoms with Crippen LogP contribution in [0.4, 0.5) is 11.4 Å². The van der Waals surface area contributed by atoms with Gasteiger partial charge in [-0.15, -0.1) is 0 Å². The van der Waals surface area contributed by atoms with Crippen molar-refractivity contribution in [1.29, 1.82) is 0 Å². The van der Waals surface area contributed by atoms with Crippen molar-refractivity contribution in [2.45, 2.75) is 127 Å². The topological polar surface area (TPSA) is 182 Å². The maximum absolute atomic E-state index is 13.0. The maximum Gasteiger partial charge on any atom is 0.376 e. The van der Waals surface area contributed by atoms with Crippen LogP contribution in [0.1, 0.15) is 78.1 Å². The maximum atomic E-state index is 13.0. The zero-order chi connectivity index (χ0) is 39.2. The van der Waals surface area contributed by atoms with Crippen molar-refractivity contribution in [2.24, 2.45) is 0 Å². The first-order valence-electron chi connectivity index (χ1n) is 19.3. The van der Waals surface area contributed by atoms with Crippen molar-refractivity contribution in [1.82, 2.24) is 20.3 Å². The molecule has 0 unspecified atom stereocenters. The molecule has 2 aromatic carbocycles. The van der Waals surface area contributed by atoms with Gasteiger partial charge in [0.1, 0.15) is 34.8 Å². The fourth-order valence-electron chi connectivity index (χ4n) is 7.78. The van der Waals surface area contributed by atoms with Crippen LogP contribution in [0.3, 0.4) is 0 Å². The number of fused-ring (bicyclic) bond motifs is 2. The van der Waals surface area contributed by atoms with Crippen molar-refractivity contribution in [3.8, 4) is 11.5 Å². The summed E-state index contributed by atoms with van der Waals surface area (Å²) >= 11 is 0. The number of anilines is 2. The Bertz CT molecular complexity index is 1530. The Labute approximate surface area is 319 Å². The van der Waals surface area contributed by atoms with E-state index in [4.69, 9.17) is 9.47 Å². The Balaban J connectivity index is 0.000000208. The molecule has 4 atom stereocenters. The second kappa shape index (κ2) is 17.6. The van der Waals surface area contributed by atoms with Gasteiger partial charge in [-0.2, -0.15) is 0 Å². The number of hydrogen-bond donors (Lipinski definition) is 6. The Morgan fingerprint density at radius 3 is 1.35 bits per heavy atom. The first kappa shape index (κ1) is 41.1. The van der Waals surface area contributed by atoms with Crippen LogP contribution in [0.15, 0.2) is 48.5 Å². The monoisotopic (exact) mass is 746 g/mol. The number of amides is 4. The number of rotatable bonds is 8. The SMILES string of the molecule is CB(O)N(C)[C@@H](C)C(=O)N[C@@H]1C(=O)Nc2ccccc2OC12CCCCC2.CB(O)N(C)[C@@H](C)C(=O)N[C@H]1C(=O)Nc2ccccc2OC12CCCCC2. The number of benzene rings is 2. The lowest BCUT2D eigenvalue weighted by atomic mass is 9.78. The third kappa shape index (κ3) is 9.05. The number of nitrogens with one attached hydrogen (secondary N) is 4. The summed E-state index contributed by atoms with van der Waals surface area (Å²) in [6.07, 6.45) is 8.82. The Hall–Kier alpha value is -4.11. The molecule has 0 aromatic heterocycles. The van der Waals surface area contributed by atoms with E-state index in [1.54, 1.807) is 63.3 Å². The molecule has 2 aliphatic heterocycles. The number of carbonyl (C=O) groups is 4. The lowest BCUT2D eigenvalue weighted by Crippen LogP contribution is -2.63. The Morgan fingerprint density at radius 2 is 1.02 bits per heavy atom. The average molecular weight is 747 g/mol. The number of nitrogens with zero attached hydrogens (tertiary/aromatic N) is 2. The van der Waals surface area contributed by atoms with E-state index in [-0.39, 0.29) is 23.6 Å². The van der Waals surface area contributed by atoms with E-state index >= 15 is 0 Å². The minimum Gasteiger partial charge on any atom is -0.482 e. The molecule has 2 saturated carbocycles. The van der Waals surface area contributed by atoms with Gasteiger partial charge in [-0.3, -0.25) is 19.2 Å². The molecule has 4 aliphatic rings. The highest BCUT2D eigenvalue weighted by atomic mass is 16.5. The summed E-state index contributed by atoms with van der Waals surface area (Å²) < 4.78 is 12.8. The average Bonchev–Trinajstić information content (AvgIpc) is 3.34. The molecule has 2 spiro atoms. The lowest BCUT2D eigenvalue weighted by Gasteiger charge is -2.41. The van der Waals surface area contributed by atoms with Crippen molar-refractivity contribution < 1.29 is 38.7 Å². The summed E-state index contributed by atoms with van der Waals surface area (Å²) in [7, 11) is 1.81. The third-order valence-electron chi connectivity index (χ3n) is 11.6. The minimum atomic E-state index is -0.789. The first-order valence-corrected chi connectivity index (χ1v) is 19.3. The normalized spacial score (nSPS) is 22.3. The van der Waals surface area contributed by atoms with Gasteiger partial charge in [0.05, 0.1) is 23.5 Å². The fraction of sp³-hybridized carbons (Fsp3) is 0.579. The number of para-hydroxylation sites is 4. The molecule has 16 heteroatoms. The van der Waals surface area contributed by atoms with Gasteiger partial charge in [-0.05, 0) is 117 Å². The molecule has 4 amide bonds. The predicted octanol–water partition coefficient (Wildman–Crippen LogP) is 3.27. The Kier molecular flexibility index (Phi) is 13.4. The molecule has 2 heterocycles. The van der Waals surface area contributed by atoms with Gasteiger partial charge in [0, 0.05) is 0 Å². The predicted molar refractivity (Wildman–Crippen MR) is 209 cm³/mol. The summed E-state index contributed by atoms with van der Waals surface area (Å²) in [6, 6.07) is 12.0. The first-order chi connectivity index (χ1) is 25.7. The molecular formula is C38H56B2N6O8. The summed E-state index contributed by atoms with van der Waals surface area (Å²) in [5.41, 5.74) is -0.266.